The maximum Gasteiger partial charge on any atom is 0.164 e. The van der Waals surface area contributed by atoms with Gasteiger partial charge in [-0.3, -0.25) is 0 Å². The molecule has 0 amide bonds. The number of hydrogen-bond donors (Lipinski definition) is 0. The van der Waals surface area contributed by atoms with Crippen molar-refractivity contribution in [3.8, 4) is 62.1 Å². The predicted molar refractivity (Wildman–Crippen MR) is 234 cm³/mol. The molecule has 0 radical (unpaired) electrons. The van der Waals surface area contributed by atoms with Crippen molar-refractivity contribution in [2.45, 2.75) is 0 Å². The predicted octanol–water partition coefficient (Wildman–Crippen LogP) is 13.7. The molecule has 4 nitrogen and oxygen atoms in total. The van der Waals surface area contributed by atoms with Crippen LogP contribution in [0.4, 0.5) is 0 Å². The van der Waals surface area contributed by atoms with Crippen LogP contribution >= 0.6 is 11.3 Å². The summed E-state index contributed by atoms with van der Waals surface area (Å²) in [5.41, 5.74) is 10.8. The van der Waals surface area contributed by atoms with E-state index in [1.807, 2.05) is 35.6 Å². The van der Waals surface area contributed by atoms with Crippen LogP contribution in [0.15, 0.2) is 194 Å². The molecule has 262 valence electrons. The van der Waals surface area contributed by atoms with Gasteiger partial charge in [0.15, 0.2) is 17.5 Å². The molecule has 56 heavy (non-hydrogen) atoms. The summed E-state index contributed by atoms with van der Waals surface area (Å²) >= 11 is 1.87. The highest BCUT2D eigenvalue weighted by atomic mass is 32.1. The van der Waals surface area contributed by atoms with Gasteiger partial charge in [-0.25, -0.2) is 15.0 Å². The zero-order valence-corrected chi connectivity index (χ0v) is 31.0. The average molecular weight is 733 g/mol. The molecule has 0 fully saturated rings. The van der Waals surface area contributed by atoms with Crippen LogP contribution in [0.2, 0.25) is 0 Å². The van der Waals surface area contributed by atoms with E-state index in [0.717, 1.165) is 39.1 Å². The molecule has 0 saturated carbocycles. The number of aromatic nitrogens is 4. The molecule has 0 saturated heterocycles. The largest absolute Gasteiger partial charge is 0.307 e. The van der Waals surface area contributed by atoms with Gasteiger partial charge in [-0.05, 0) is 47.0 Å². The molecule has 0 aliphatic rings. The van der Waals surface area contributed by atoms with Gasteiger partial charge in [-0.1, -0.05) is 164 Å². The van der Waals surface area contributed by atoms with Crippen LogP contribution < -0.4 is 0 Å². The smallest absolute Gasteiger partial charge is 0.164 e. The number of thiophene rings is 1. The van der Waals surface area contributed by atoms with Gasteiger partial charge in [0, 0.05) is 48.5 Å². The highest BCUT2D eigenvalue weighted by molar-refractivity contribution is 7.26. The summed E-state index contributed by atoms with van der Waals surface area (Å²) in [5, 5.41) is 5.05. The Hall–Kier alpha value is -7.21. The molecule has 0 unspecified atom stereocenters. The van der Waals surface area contributed by atoms with Crippen LogP contribution in [-0.4, -0.2) is 19.5 Å². The zero-order valence-electron chi connectivity index (χ0n) is 30.2. The van der Waals surface area contributed by atoms with Crippen LogP contribution in [0.5, 0.6) is 0 Å². The molecule has 11 rings (SSSR count). The van der Waals surface area contributed by atoms with E-state index in [9.17, 15) is 0 Å². The maximum absolute atomic E-state index is 5.17. The molecule has 0 N–H and O–H groups in total. The fourth-order valence-corrected chi connectivity index (χ4v) is 9.23. The summed E-state index contributed by atoms with van der Waals surface area (Å²) in [6.45, 7) is 0. The molecule has 3 heterocycles. The first kappa shape index (κ1) is 32.2. The summed E-state index contributed by atoms with van der Waals surface area (Å²) in [4.78, 5) is 15.3. The van der Waals surface area contributed by atoms with Crippen molar-refractivity contribution in [2.24, 2.45) is 0 Å². The third-order valence-electron chi connectivity index (χ3n) is 10.7. The van der Waals surface area contributed by atoms with Gasteiger partial charge in [0.05, 0.1) is 21.4 Å². The Morgan fingerprint density at radius 1 is 0.357 bits per heavy atom. The van der Waals surface area contributed by atoms with Crippen molar-refractivity contribution in [3.63, 3.8) is 0 Å². The number of rotatable bonds is 6. The molecular formula is C51H32N4S. The van der Waals surface area contributed by atoms with E-state index in [4.69, 9.17) is 15.0 Å². The van der Waals surface area contributed by atoms with E-state index in [2.05, 4.69) is 174 Å². The summed E-state index contributed by atoms with van der Waals surface area (Å²) < 4.78 is 5.05. The Balaban J connectivity index is 1.14. The number of para-hydroxylation sites is 1. The van der Waals surface area contributed by atoms with E-state index < -0.39 is 0 Å². The van der Waals surface area contributed by atoms with Crippen molar-refractivity contribution in [1.29, 1.82) is 0 Å². The second kappa shape index (κ2) is 13.3. The minimum atomic E-state index is 0.624. The number of nitrogens with zero attached hydrogens (tertiary/aromatic N) is 4. The normalized spacial score (nSPS) is 11.6. The van der Waals surface area contributed by atoms with Crippen LogP contribution in [0.3, 0.4) is 0 Å². The zero-order chi connectivity index (χ0) is 37.0. The molecule has 0 atom stereocenters. The highest BCUT2D eigenvalue weighted by Gasteiger charge is 2.21. The van der Waals surface area contributed by atoms with Crippen molar-refractivity contribution in [3.05, 3.63) is 194 Å². The van der Waals surface area contributed by atoms with E-state index in [0.29, 0.717) is 17.5 Å². The molecular weight excluding hydrogens is 701 g/mol. The van der Waals surface area contributed by atoms with Gasteiger partial charge in [-0.2, -0.15) is 0 Å². The van der Waals surface area contributed by atoms with Crippen LogP contribution in [0.1, 0.15) is 0 Å². The van der Waals surface area contributed by atoms with E-state index in [1.165, 1.54) is 47.5 Å². The van der Waals surface area contributed by atoms with Crippen molar-refractivity contribution in [1.82, 2.24) is 19.5 Å². The molecule has 0 aliphatic heterocycles. The summed E-state index contributed by atoms with van der Waals surface area (Å²) in [6, 6.07) is 68.5. The van der Waals surface area contributed by atoms with Gasteiger partial charge >= 0.3 is 0 Å². The van der Waals surface area contributed by atoms with Gasteiger partial charge in [0.1, 0.15) is 0 Å². The second-order valence-electron chi connectivity index (χ2n) is 14.0. The first-order valence-corrected chi connectivity index (χ1v) is 19.6. The monoisotopic (exact) mass is 732 g/mol. The first-order chi connectivity index (χ1) is 27.8. The van der Waals surface area contributed by atoms with Gasteiger partial charge < -0.3 is 4.57 Å². The minimum Gasteiger partial charge on any atom is -0.307 e. The lowest BCUT2D eigenvalue weighted by Crippen LogP contribution is -2.02. The lowest BCUT2D eigenvalue weighted by molar-refractivity contribution is 1.07. The van der Waals surface area contributed by atoms with Crippen molar-refractivity contribution >= 4 is 53.3 Å². The Morgan fingerprint density at radius 3 is 1.57 bits per heavy atom. The topological polar surface area (TPSA) is 43.6 Å². The van der Waals surface area contributed by atoms with Gasteiger partial charge in [0.2, 0.25) is 0 Å². The molecule has 11 aromatic rings. The number of fused-ring (bicyclic) bond motifs is 7. The summed E-state index contributed by atoms with van der Waals surface area (Å²) in [5.74, 6) is 1.89. The standard InChI is InChI=1S/C51H32N4S/c1-4-14-33(15-5-1)34-24-26-37(27-25-34)50-52-49(36-18-8-3-9-19-36)53-51(54-50)38-28-31-45(43(32-38)35-16-6-2-7-17-35)55-44-22-12-10-20-39(44)41-29-30-42-40-21-11-13-23-46(40)56-48(42)47(41)55/h1-32H. The summed E-state index contributed by atoms with van der Waals surface area (Å²) in [7, 11) is 0. The van der Waals surface area contributed by atoms with E-state index in [1.54, 1.807) is 0 Å². The molecule has 0 spiro atoms. The van der Waals surface area contributed by atoms with Crippen molar-refractivity contribution in [2.75, 3.05) is 0 Å². The van der Waals surface area contributed by atoms with Crippen LogP contribution in [0, 0.1) is 0 Å². The van der Waals surface area contributed by atoms with Crippen LogP contribution in [0.25, 0.3) is 104 Å². The number of hydrogen-bond acceptors (Lipinski definition) is 4. The Morgan fingerprint density at radius 2 is 0.857 bits per heavy atom. The van der Waals surface area contributed by atoms with E-state index in [-0.39, 0.29) is 0 Å². The molecule has 0 bridgehead atoms. The van der Waals surface area contributed by atoms with E-state index >= 15 is 0 Å². The lowest BCUT2D eigenvalue weighted by atomic mass is 10.00. The lowest BCUT2D eigenvalue weighted by Gasteiger charge is -2.16. The fourth-order valence-electron chi connectivity index (χ4n) is 7.99. The Labute approximate surface area is 327 Å². The maximum atomic E-state index is 5.17. The molecule has 5 heteroatoms. The fraction of sp³-hybridized carbons (Fsp3) is 0. The first-order valence-electron chi connectivity index (χ1n) is 18.8. The van der Waals surface area contributed by atoms with Crippen molar-refractivity contribution < 1.29 is 0 Å². The third-order valence-corrected chi connectivity index (χ3v) is 11.9. The quantitative estimate of drug-likeness (QED) is 0.171. The molecule has 3 aromatic heterocycles. The highest BCUT2D eigenvalue weighted by Crippen LogP contribution is 2.44. The Kier molecular flexibility index (Phi) is 7.64. The number of benzene rings is 8. The third kappa shape index (κ3) is 5.40. The molecule has 8 aromatic carbocycles. The molecule has 0 aliphatic carbocycles. The van der Waals surface area contributed by atoms with Crippen LogP contribution in [-0.2, 0) is 0 Å². The Bertz CT molecular complexity index is 3220. The second-order valence-corrected chi connectivity index (χ2v) is 15.1. The average Bonchev–Trinajstić information content (AvgIpc) is 3.83. The SMILES string of the molecule is c1ccc(-c2ccc(-c3nc(-c4ccccc4)nc(-c4ccc(-n5c6ccccc6c6ccc7c8ccccc8sc7c65)c(-c5ccccc5)c4)n3)cc2)cc1. The summed E-state index contributed by atoms with van der Waals surface area (Å²) in [6.07, 6.45) is 0. The van der Waals surface area contributed by atoms with Gasteiger partial charge in [0.25, 0.3) is 0 Å². The van der Waals surface area contributed by atoms with Gasteiger partial charge in [-0.15, -0.1) is 11.3 Å². The minimum absolute atomic E-state index is 0.624.